The average molecular weight is 266 g/mol. The predicted octanol–water partition coefficient (Wildman–Crippen LogP) is 2.06. The highest BCUT2D eigenvalue weighted by atomic mass is 19.1. The number of hydrogen-bond acceptors (Lipinski definition) is 3. The van der Waals surface area contributed by atoms with Crippen molar-refractivity contribution in [3.63, 3.8) is 0 Å². The lowest BCUT2D eigenvalue weighted by Crippen LogP contribution is -2.41. The highest BCUT2D eigenvalue weighted by Gasteiger charge is 2.17. The van der Waals surface area contributed by atoms with Crippen LogP contribution in [0.2, 0.25) is 0 Å². The molecule has 106 valence electrons. The molecule has 0 spiro atoms. The number of ether oxygens (including phenoxy) is 1. The first kappa shape index (κ1) is 14.3. The van der Waals surface area contributed by atoms with Crippen LogP contribution in [0.5, 0.6) is 5.75 Å². The van der Waals surface area contributed by atoms with Gasteiger partial charge in [0, 0.05) is 12.6 Å². The Bertz CT molecular complexity index is 405. The van der Waals surface area contributed by atoms with Gasteiger partial charge in [-0.25, -0.2) is 4.39 Å². The molecule has 2 rings (SSSR count). The SMILES string of the molecule is COc1ccc(F)cc1CCN(C)C1CCNCC1. The Hall–Kier alpha value is -1.13. The lowest BCUT2D eigenvalue weighted by atomic mass is 10.0. The molecule has 0 saturated carbocycles. The zero-order valence-corrected chi connectivity index (χ0v) is 11.8. The van der Waals surface area contributed by atoms with Crippen molar-refractivity contribution in [2.24, 2.45) is 0 Å². The van der Waals surface area contributed by atoms with Crippen molar-refractivity contribution in [1.29, 1.82) is 0 Å². The third kappa shape index (κ3) is 3.91. The van der Waals surface area contributed by atoms with Gasteiger partial charge in [0.1, 0.15) is 11.6 Å². The number of nitrogens with zero attached hydrogens (tertiary/aromatic N) is 1. The fourth-order valence-corrected chi connectivity index (χ4v) is 2.67. The van der Waals surface area contributed by atoms with E-state index in [1.165, 1.54) is 18.9 Å². The summed E-state index contributed by atoms with van der Waals surface area (Å²) in [6.07, 6.45) is 3.20. The van der Waals surface area contributed by atoms with Gasteiger partial charge in [0.15, 0.2) is 0 Å². The minimum Gasteiger partial charge on any atom is -0.496 e. The topological polar surface area (TPSA) is 24.5 Å². The first-order valence-electron chi connectivity index (χ1n) is 6.94. The predicted molar refractivity (Wildman–Crippen MR) is 75.2 cm³/mol. The Labute approximate surface area is 114 Å². The van der Waals surface area contributed by atoms with Gasteiger partial charge in [-0.2, -0.15) is 0 Å². The van der Waals surface area contributed by atoms with Crippen LogP contribution in [0, 0.1) is 5.82 Å². The average Bonchev–Trinajstić information content (AvgIpc) is 2.46. The van der Waals surface area contributed by atoms with E-state index in [-0.39, 0.29) is 5.82 Å². The van der Waals surface area contributed by atoms with Gasteiger partial charge in [0.25, 0.3) is 0 Å². The van der Waals surface area contributed by atoms with Crippen LogP contribution in [0.15, 0.2) is 18.2 Å². The summed E-state index contributed by atoms with van der Waals surface area (Å²) in [6, 6.07) is 5.36. The monoisotopic (exact) mass is 266 g/mol. The second-order valence-corrected chi connectivity index (χ2v) is 5.17. The van der Waals surface area contributed by atoms with Crippen molar-refractivity contribution in [3.05, 3.63) is 29.6 Å². The molecule has 1 heterocycles. The lowest BCUT2D eigenvalue weighted by molar-refractivity contribution is 0.200. The van der Waals surface area contributed by atoms with Crippen molar-refractivity contribution >= 4 is 0 Å². The van der Waals surface area contributed by atoms with E-state index in [1.54, 1.807) is 19.2 Å². The van der Waals surface area contributed by atoms with Crippen LogP contribution in [0.25, 0.3) is 0 Å². The molecule has 0 aliphatic carbocycles. The van der Waals surface area contributed by atoms with Gasteiger partial charge < -0.3 is 15.0 Å². The lowest BCUT2D eigenvalue weighted by Gasteiger charge is -2.31. The number of piperidine rings is 1. The number of likely N-dealkylation sites (N-methyl/N-ethyl adjacent to an activating group) is 1. The molecule has 1 N–H and O–H groups in total. The van der Waals surface area contributed by atoms with Crippen molar-refractivity contribution < 1.29 is 9.13 Å². The summed E-state index contributed by atoms with van der Waals surface area (Å²) in [5.74, 6) is 0.584. The van der Waals surface area contributed by atoms with Gasteiger partial charge in [0.05, 0.1) is 7.11 Å². The van der Waals surface area contributed by atoms with E-state index in [4.69, 9.17) is 4.74 Å². The maximum absolute atomic E-state index is 13.3. The van der Waals surface area contributed by atoms with E-state index in [0.29, 0.717) is 6.04 Å². The molecule has 1 aromatic carbocycles. The Morgan fingerprint density at radius 2 is 2.11 bits per heavy atom. The van der Waals surface area contributed by atoms with Crippen LogP contribution in [0.4, 0.5) is 4.39 Å². The maximum atomic E-state index is 13.3. The third-order valence-corrected chi connectivity index (χ3v) is 3.91. The van der Waals surface area contributed by atoms with Crippen LogP contribution in [-0.4, -0.2) is 44.7 Å². The van der Waals surface area contributed by atoms with Crippen LogP contribution in [0.3, 0.4) is 0 Å². The van der Waals surface area contributed by atoms with Crippen LogP contribution < -0.4 is 10.1 Å². The van der Waals surface area contributed by atoms with Crippen molar-refractivity contribution in [2.75, 3.05) is 33.8 Å². The highest BCUT2D eigenvalue weighted by Crippen LogP contribution is 2.20. The molecule has 4 heteroatoms. The number of hydrogen-bond donors (Lipinski definition) is 1. The molecule has 0 atom stereocenters. The molecule has 1 fully saturated rings. The fraction of sp³-hybridized carbons (Fsp3) is 0.600. The van der Waals surface area contributed by atoms with Gasteiger partial charge in [-0.1, -0.05) is 0 Å². The van der Waals surface area contributed by atoms with Crippen LogP contribution in [-0.2, 0) is 6.42 Å². The second kappa shape index (κ2) is 6.87. The Morgan fingerprint density at radius 1 is 1.37 bits per heavy atom. The van der Waals surface area contributed by atoms with Crippen molar-refractivity contribution in [2.45, 2.75) is 25.3 Å². The zero-order chi connectivity index (χ0) is 13.7. The minimum atomic E-state index is -0.194. The molecule has 0 amide bonds. The molecule has 0 radical (unpaired) electrons. The molecule has 0 bridgehead atoms. The molecular weight excluding hydrogens is 243 g/mol. The van der Waals surface area contributed by atoms with E-state index in [1.807, 2.05) is 0 Å². The number of nitrogens with one attached hydrogen (secondary N) is 1. The summed E-state index contributed by atoms with van der Waals surface area (Å²) in [4.78, 5) is 2.38. The second-order valence-electron chi connectivity index (χ2n) is 5.17. The maximum Gasteiger partial charge on any atom is 0.123 e. The van der Waals surface area contributed by atoms with Crippen LogP contribution >= 0.6 is 0 Å². The van der Waals surface area contributed by atoms with E-state index in [0.717, 1.165) is 37.4 Å². The van der Waals surface area contributed by atoms with Crippen molar-refractivity contribution in [1.82, 2.24) is 10.2 Å². The number of methoxy groups -OCH3 is 1. The molecule has 3 nitrogen and oxygen atoms in total. The first-order chi connectivity index (χ1) is 9.20. The summed E-state index contributed by atoms with van der Waals surface area (Å²) in [7, 11) is 3.79. The van der Waals surface area contributed by atoms with E-state index < -0.39 is 0 Å². The quantitative estimate of drug-likeness (QED) is 0.883. The van der Waals surface area contributed by atoms with Gasteiger partial charge in [-0.15, -0.1) is 0 Å². The summed E-state index contributed by atoms with van der Waals surface area (Å²) in [5.41, 5.74) is 0.947. The van der Waals surface area contributed by atoms with E-state index in [9.17, 15) is 4.39 Å². The van der Waals surface area contributed by atoms with Gasteiger partial charge in [0.2, 0.25) is 0 Å². The number of rotatable bonds is 5. The summed E-state index contributed by atoms with van der Waals surface area (Å²) < 4.78 is 18.6. The Morgan fingerprint density at radius 3 is 2.79 bits per heavy atom. The molecule has 0 unspecified atom stereocenters. The Balaban J connectivity index is 1.92. The molecule has 0 aromatic heterocycles. The summed E-state index contributed by atoms with van der Waals surface area (Å²) >= 11 is 0. The minimum absolute atomic E-state index is 0.194. The standard InChI is InChI=1S/C15H23FN2O/c1-18(14-5-8-17-9-6-14)10-7-12-11-13(16)3-4-15(12)19-2/h3-4,11,14,17H,5-10H2,1-2H3. The van der Waals surface area contributed by atoms with E-state index >= 15 is 0 Å². The highest BCUT2D eigenvalue weighted by molar-refractivity contribution is 5.34. The molecule has 19 heavy (non-hydrogen) atoms. The summed E-state index contributed by atoms with van der Waals surface area (Å²) in [6.45, 7) is 3.13. The van der Waals surface area contributed by atoms with Gasteiger partial charge in [-0.3, -0.25) is 0 Å². The van der Waals surface area contributed by atoms with Crippen LogP contribution in [0.1, 0.15) is 18.4 Å². The Kier molecular flexibility index (Phi) is 5.16. The van der Waals surface area contributed by atoms with Gasteiger partial charge in [-0.05, 0) is 63.2 Å². The fourth-order valence-electron chi connectivity index (χ4n) is 2.67. The largest absolute Gasteiger partial charge is 0.496 e. The molecule has 1 aromatic rings. The third-order valence-electron chi connectivity index (χ3n) is 3.91. The van der Waals surface area contributed by atoms with Gasteiger partial charge >= 0.3 is 0 Å². The first-order valence-corrected chi connectivity index (χ1v) is 6.94. The van der Waals surface area contributed by atoms with Crippen molar-refractivity contribution in [3.8, 4) is 5.75 Å². The molecule has 1 aliphatic heterocycles. The molecular formula is C15H23FN2O. The number of halogens is 1. The smallest absolute Gasteiger partial charge is 0.123 e. The zero-order valence-electron chi connectivity index (χ0n) is 11.8. The number of benzene rings is 1. The summed E-state index contributed by atoms with van der Waals surface area (Å²) in [5, 5.41) is 3.37. The normalized spacial score (nSPS) is 16.8. The van der Waals surface area contributed by atoms with E-state index in [2.05, 4.69) is 17.3 Å². The molecule has 1 saturated heterocycles. The molecule has 1 aliphatic rings.